The van der Waals surface area contributed by atoms with E-state index in [0.717, 1.165) is 22.3 Å². The maximum absolute atomic E-state index is 12.4. The summed E-state index contributed by atoms with van der Waals surface area (Å²) in [7, 11) is 0. The summed E-state index contributed by atoms with van der Waals surface area (Å²) in [5.74, 6) is 0.502. The number of nitrogens with zero attached hydrogens (tertiary/aromatic N) is 2. The van der Waals surface area contributed by atoms with Crippen LogP contribution in [0.15, 0.2) is 35.8 Å². The number of carbonyl (C=O) groups is 1. The van der Waals surface area contributed by atoms with Crippen LogP contribution in [0.2, 0.25) is 0 Å². The zero-order valence-electron chi connectivity index (χ0n) is 11.4. The fraction of sp³-hybridized carbons (Fsp3) is 0.200. The van der Waals surface area contributed by atoms with Gasteiger partial charge in [0.05, 0.1) is 10.2 Å². The number of anilines is 1. The lowest BCUT2D eigenvalue weighted by atomic mass is 10.3. The van der Waals surface area contributed by atoms with Crippen molar-refractivity contribution >= 4 is 33.3 Å². The zero-order chi connectivity index (χ0) is 14.1. The number of thiophene rings is 1. The van der Waals surface area contributed by atoms with Crippen LogP contribution in [0.5, 0.6) is 0 Å². The van der Waals surface area contributed by atoms with Gasteiger partial charge in [-0.25, -0.2) is 4.98 Å². The first-order valence-corrected chi connectivity index (χ1v) is 7.38. The molecule has 1 amide bonds. The molecule has 0 saturated carbocycles. The molecule has 102 valence electrons. The van der Waals surface area contributed by atoms with Crippen LogP contribution in [0.25, 0.3) is 10.2 Å². The number of nitrogens with one attached hydrogen (secondary N) is 1. The average molecular weight is 285 g/mol. The molecule has 3 heterocycles. The Morgan fingerprint density at radius 1 is 1.45 bits per heavy atom. The highest BCUT2D eigenvalue weighted by Gasteiger charge is 2.16. The molecule has 0 unspecified atom stereocenters. The third-order valence-corrected chi connectivity index (χ3v) is 4.17. The Bertz CT molecular complexity index is 772. The molecule has 0 spiro atoms. The van der Waals surface area contributed by atoms with Gasteiger partial charge >= 0.3 is 0 Å². The molecule has 4 nitrogen and oxygen atoms in total. The Hall–Kier alpha value is -2.14. The van der Waals surface area contributed by atoms with E-state index in [4.69, 9.17) is 0 Å². The zero-order valence-corrected chi connectivity index (χ0v) is 12.2. The molecular formula is C15H15N3OS. The number of amides is 1. The van der Waals surface area contributed by atoms with E-state index in [1.807, 2.05) is 48.1 Å². The van der Waals surface area contributed by atoms with Crippen LogP contribution in [0.4, 0.5) is 5.82 Å². The van der Waals surface area contributed by atoms with Crippen molar-refractivity contribution in [1.82, 2.24) is 9.55 Å². The molecule has 20 heavy (non-hydrogen) atoms. The smallest absolute Gasteiger partial charge is 0.273 e. The van der Waals surface area contributed by atoms with Gasteiger partial charge in [-0.15, -0.1) is 11.3 Å². The number of pyridine rings is 1. The van der Waals surface area contributed by atoms with Crippen LogP contribution in [0.3, 0.4) is 0 Å². The second-order valence-electron chi connectivity index (χ2n) is 4.57. The van der Waals surface area contributed by atoms with Crippen molar-refractivity contribution in [3.63, 3.8) is 0 Å². The lowest BCUT2D eigenvalue weighted by Crippen LogP contribution is -2.17. The van der Waals surface area contributed by atoms with Crippen molar-refractivity contribution in [2.24, 2.45) is 0 Å². The summed E-state index contributed by atoms with van der Waals surface area (Å²) in [5.41, 5.74) is 2.75. The maximum atomic E-state index is 12.4. The summed E-state index contributed by atoms with van der Waals surface area (Å²) in [6, 6.07) is 7.78. The van der Waals surface area contributed by atoms with Crippen molar-refractivity contribution in [3.8, 4) is 0 Å². The lowest BCUT2D eigenvalue weighted by molar-refractivity contribution is 0.101. The topological polar surface area (TPSA) is 46.9 Å². The van der Waals surface area contributed by atoms with Gasteiger partial charge in [-0.2, -0.15) is 0 Å². The van der Waals surface area contributed by atoms with Crippen molar-refractivity contribution in [1.29, 1.82) is 0 Å². The summed E-state index contributed by atoms with van der Waals surface area (Å²) in [6.45, 7) is 4.74. The maximum Gasteiger partial charge on any atom is 0.273 e. The summed E-state index contributed by atoms with van der Waals surface area (Å²) in [4.78, 5) is 16.6. The minimum absolute atomic E-state index is 0.114. The molecule has 0 saturated heterocycles. The van der Waals surface area contributed by atoms with Gasteiger partial charge < -0.3 is 9.88 Å². The van der Waals surface area contributed by atoms with Gasteiger partial charge in [-0.1, -0.05) is 6.07 Å². The van der Waals surface area contributed by atoms with E-state index in [-0.39, 0.29) is 5.91 Å². The first-order chi connectivity index (χ1) is 9.70. The highest BCUT2D eigenvalue weighted by Crippen LogP contribution is 2.25. The monoisotopic (exact) mass is 285 g/mol. The molecule has 0 atom stereocenters. The summed E-state index contributed by atoms with van der Waals surface area (Å²) >= 11 is 1.65. The summed E-state index contributed by atoms with van der Waals surface area (Å²) in [5, 5.41) is 4.93. The molecule has 0 aliphatic carbocycles. The van der Waals surface area contributed by atoms with Crippen LogP contribution in [-0.4, -0.2) is 15.5 Å². The normalized spacial score (nSPS) is 10.9. The first-order valence-electron chi connectivity index (χ1n) is 6.50. The minimum Gasteiger partial charge on any atom is -0.336 e. The molecule has 0 aliphatic heterocycles. The van der Waals surface area contributed by atoms with E-state index in [9.17, 15) is 4.79 Å². The molecular weight excluding hydrogens is 270 g/mol. The van der Waals surface area contributed by atoms with Crippen LogP contribution in [0.1, 0.15) is 23.0 Å². The molecule has 1 N–H and O–H groups in total. The van der Waals surface area contributed by atoms with E-state index in [0.29, 0.717) is 11.5 Å². The quantitative estimate of drug-likeness (QED) is 0.798. The number of fused-ring (bicyclic) bond motifs is 1. The average Bonchev–Trinajstić information content (AvgIpc) is 3.01. The van der Waals surface area contributed by atoms with Crippen LogP contribution in [0, 0.1) is 6.92 Å². The Kier molecular flexibility index (Phi) is 3.28. The largest absolute Gasteiger partial charge is 0.336 e. The second-order valence-corrected chi connectivity index (χ2v) is 5.51. The Morgan fingerprint density at radius 2 is 2.30 bits per heavy atom. The number of aryl methyl sites for hydroxylation is 2. The number of rotatable bonds is 3. The Labute approximate surface area is 121 Å². The van der Waals surface area contributed by atoms with Gasteiger partial charge in [-0.05, 0) is 43.0 Å². The van der Waals surface area contributed by atoms with Gasteiger partial charge in [0.15, 0.2) is 0 Å². The second kappa shape index (κ2) is 5.09. The van der Waals surface area contributed by atoms with Crippen molar-refractivity contribution in [2.75, 3.05) is 5.32 Å². The molecule has 3 rings (SSSR count). The van der Waals surface area contributed by atoms with E-state index in [2.05, 4.69) is 10.3 Å². The first kappa shape index (κ1) is 12.9. The van der Waals surface area contributed by atoms with Crippen molar-refractivity contribution in [3.05, 3.63) is 47.1 Å². The van der Waals surface area contributed by atoms with E-state index in [1.54, 1.807) is 17.5 Å². The molecule has 0 bridgehead atoms. The Morgan fingerprint density at radius 3 is 3.05 bits per heavy atom. The summed E-state index contributed by atoms with van der Waals surface area (Å²) < 4.78 is 3.16. The number of hydrogen-bond donors (Lipinski definition) is 1. The van der Waals surface area contributed by atoms with Gasteiger partial charge in [0, 0.05) is 12.7 Å². The molecule has 3 aromatic rings. The van der Waals surface area contributed by atoms with Crippen LogP contribution >= 0.6 is 11.3 Å². The Balaban J connectivity index is 1.96. The molecule has 5 heteroatoms. The van der Waals surface area contributed by atoms with Gasteiger partial charge in [0.2, 0.25) is 0 Å². The van der Waals surface area contributed by atoms with Gasteiger partial charge in [0.1, 0.15) is 11.5 Å². The molecule has 0 fully saturated rings. The highest BCUT2D eigenvalue weighted by molar-refractivity contribution is 7.17. The molecule has 0 aromatic carbocycles. The standard InChI is InChI=1S/C15H15N3OS/c1-3-18-11-6-8-20-13(11)9-12(18)15(19)17-14-10(2)5-4-7-16-14/h4-9H,3H2,1-2H3,(H,16,17,19). The van der Waals surface area contributed by atoms with E-state index >= 15 is 0 Å². The van der Waals surface area contributed by atoms with Crippen molar-refractivity contribution in [2.45, 2.75) is 20.4 Å². The molecule has 0 radical (unpaired) electrons. The third-order valence-electron chi connectivity index (χ3n) is 3.31. The van der Waals surface area contributed by atoms with Crippen molar-refractivity contribution < 1.29 is 4.79 Å². The van der Waals surface area contributed by atoms with E-state index in [1.165, 1.54) is 0 Å². The number of carbonyl (C=O) groups excluding carboxylic acids is 1. The summed E-state index contributed by atoms with van der Waals surface area (Å²) in [6.07, 6.45) is 1.68. The van der Waals surface area contributed by atoms with Crippen LogP contribution in [-0.2, 0) is 6.54 Å². The van der Waals surface area contributed by atoms with Gasteiger partial charge in [-0.3, -0.25) is 4.79 Å². The van der Waals surface area contributed by atoms with Crippen LogP contribution < -0.4 is 5.32 Å². The third kappa shape index (κ3) is 2.10. The van der Waals surface area contributed by atoms with Gasteiger partial charge in [0.25, 0.3) is 5.91 Å². The minimum atomic E-state index is -0.114. The molecule has 3 aromatic heterocycles. The highest BCUT2D eigenvalue weighted by atomic mass is 32.1. The number of aromatic nitrogens is 2. The number of hydrogen-bond acceptors (Lipinski definition) is 3. The fourth-order valence-electron chi connectivity index (χ4n) is 2.29. The predicted molar refractivity (Wildman–Crippen MR) is 82.4 cm³/mol. The van der Waals surface area contributed by atoms with E-state index < -0.39 is 0 Å². The molecule has 0 aliphatic rings. The SMILES string of the molecule is CCn1c(C(=O)Nc2ncccc2C)cc2sccc21. The fourth-order valence-corrected chi connectivity index (χ4v) is 3.12. The predicted octanol–water partition coefficient (Wildman–Crippen LogP) is 3.68. The lowest BCUT2D eigenvalue weighted by Gasteiger charge is -2.09.